The maximum Gasteiger partial charge on any atom is 0.177 e. The lowest BCUT2D eigenvalue weighted by atomic mass is 10.0. The van der Waals surface area contributed by atoms with Crippen molar-refractivity contribution in [1.82, 2.24) is 0 Å². The van der Waals surface area contributed by atoms with E-state index in [1.165, 1.54) is 0 Å². The molecule has 0 atom stereocenters. The molecule has 0 bridgehead atoms. The number of aryl methyl sites for hydroxylation is 2. The molecule has 0 saturated heterocycles. The topological polar surface area (TPSA) is 81.8 Å². The zero-order valence-electron chi connectivity index (χ0n) is 10.8. The molecular formula is C14H15NO4. The minimum atomic E-state index is 0.118. The van der Waals surface area contributed by atoms with E-state index in [0.717, 1.165) is 22.5 Å². The van der Waals surface area contributed by atoms with Gasteiger partial charge < -0.3 is 18.8 Å². The van der Waals surface area contributed by atoms with Gasteiger partial charge in [-0.3, -0.25) is 0 Å². The van der Waals surface area contributed by atoms with Crippen LogP contribution in [0.15, 0.2) is 21.0 Å². The monoisotopic (exact) mass is 261 g/mol. The number of furan rings is 2. The largest absolute Gasteiger partial charge is 0.504 e. The van der Waals surface area contributed by atoms with Crippen LogP contribution in [0, 0.1) is 13.8 Å². The standard InChI is InChI=1S/C14H15NO4/c1-7-5-10-9(3-4-17-15)13-11(6-8(2)18-13)12(16)14(10)19-7/h5-6,16H,3-4,15H2,1-2H3. The van der Waals surface area contributed by atoms with Gasteiger partial charge in [-0.1, -0.05) is 0 Å². The van der Waals surface area contributed by atoms with Gasteiger partial charge in [-0.2, -0.15) is 0 Å². The second-order valence-electron chi connectivity index (χ2n) is 4.65. The Morgan fingerprint density at radius 1 is 1.11 bits per heavy atom. The van der Waals surface area contributed by atoms with Crippen molar-refractivity contribution >= 4 is 21.9 Å². The van der Waals surface area contributed by atoms with Gasteiger partial charge in [-0.25, -0.2) is 5.90 Å². The summed E-state index contributed by atoms with van der Waals surface area (Å²) >= 11 is 0. The van der Waals surface area contributed by atoms with Crippen LogP contribution in [0.5, 0.6) is 5.75 Å². The van der Waals surface area contributed by atoms with Crippen LogP contribution in [0.2, 0.25) is 0 Å². The summed E-state index contributed by atoms with van der Waals surface area (Å²) in [6.07, 6.45) is 0.593. The minimum absolute atomic E-state index is 0.118. The number of rotatable bonds is 3. The fourth-order valence-corrected chi connectivity index (χ4v) is 2.48. The van der Waals surface area contributed by atoms with Crippen LogP contribution in [0.3, 0.4) is 0 Å². The van der Waals surface area contributed by atoms with E-state index in [2.05, 4.69) is 4.84 Å². The zero-order chi connectivity index (χ0) is 13.6. The Kier molecular flexibility index (Phi) is 2.73. The normalized spacial score (nSPS) is 11.7. The Labute approximate surface area is 109 Å². The number of nitrogens with two attached hydrogens (primary N) is 1. The van der Waals surface area contributed by atoms with Crippen molar-refractivity contribution in [2.24, 2.45) is 5.90 Å². The highest BCUT2D eigenvalue weighted by Gasteiger charge is 2.19. The number of phenols is 1. The van der Waals surface area contributed by atoms with Crippen LogP contribution in [-0.4, -0.2) is 11.7 Å². The summed E-state index contributed by atoms with van der Waals surface area (Å²) in [7, 11) is 0. The summed E-state index contributed by atoms with van der Waals surface area (Å²) in [4.78, 5) is 4.65. The van der Waals surface area contributed by atoms with Crippen LogP contribution in [-0.2, 0) is 11.3 Å². The summed E-state index contributed by atoms with van der Waals surface area (Å²) in [5.74, 6) is 6.70. The molecule has 2 heterocycles. The number of hydrogen-bond acceptors (Lipinski definition) is 5. The molecule has 19 heavy (non-hydrogen) atoms. The third kappa shape index (κ3) is 1.78. The first-order valence-corrected chi connectivity index (χ1v) is 6.07. The Bertz CT molecular complexity index is 696. The maximum atomic E-state index is 10.3. The molecule has 0 aliphatic heterocycles. The molecule has 0 aliphatic carbocycles. The molecule has 3 rings (SSSR count). The predicted octanol–water partition coefficient (Wildman–Crippen LogP) is 2.93. The third-order valence-corrected chi connectivity index (χ3v) is 3.25. The SMILES string of the molecule is Cc1cc2c(CCON)c3oc(C)cc3c(O)c2o1. The van der Waals surface area contributed by atoms with Crippen molar-refractivity contribution < 1.29 is 18.8 Å². The maximum absolute atomic E-state index is 10.3. The Balaban J connectivity index is 2.40. The molecular weight excluding hydrogens is 246 g/mol. The molecule has 0 aliphatic rings. The second kappa shape index (κ2) is 4.29. The average molecular weight is 261 g/mol. The van der Waals surface area contributed by atoms with Crippen LogP contribution >= 0.6 is 0 Å². The van der Waals surface area contributed by atoms with Gasteiger partial charge in [0.15, 0.2) is 11.3 Å². The highest BCUT2D eigenvalue weighted by atomic mass is 16.6. The number of phenolic OH excluding ortho intramolecular Hbond substituents is 1. The fourth-order valence-electron chi connectivity index (χ4n) is 2.48. The molecule has 2 aromatic heterocycles. The van der Waals surface area contributed by atoms with E-state index in [1.54, 1.807) is 6.07 Å². The Morgan fingerprint density at radius 3 is 2.42 bits per heavy atom. The molecule has 3 aromatic rings. The molecule has 0 saturated carbocycles. The Hall–Kier alpha value is -1.98. The summed E-state index contributed by atoms with van der Waals surface area (Å²) in [6.45, 7) is 4.06. The lowest BCUT2D eigenvalue weighted by Gasteiger charge is -2.05. The number of fused-ring (bicyclic) bond motifs is 2. The highest BCUT2D eigenvalue weighted by Crippen LogP contribution is 2.40. The van der Waals surface area contributed by atoms with E-state index in [-0.39, 0.29) is 5.75 Å². The first-order valence-electron chi connectivity index (χ1n) is 6.07. The lowest BCUT2D eigenvalue weighted by molar-refractivity contribution is 0.141. The van der Waals surface area contributed by atoms with Gasteiger partial charge >= 0.3 is 0 Å². The second-order valence-corrected chi connectivity index (χ2v) is 4.65. The van der Waals surface area contributed by atoms with Crippen molar-refractivity contribution in [3.05, 3.63) is 29.2 Å². The minimum Gasteiger partial charge on any atom is -0.504 e. The van der Waals surface area contributed by atoms with Gasteiger partial charge in [-0.05, 0) is 26.0 Å². The number of hydrogen-bond donors (Lipinski definition) is 2. The van der Waals surface area contributed by atoms with Crippen molar-refractivity contribution in [3.8, 4) is 5.75 Å². The molecule has 0 fully saturated rings. The number of benzene rings is 1. The van der Waals surface area contributed by atoms with E-state index in [1.807, 2.05) is 19.9 Å². The van der Waals surface area contributed by atoms with Gasteiger partial charge in [0.25, 0.3) is 0 Å². The summed E-state index contributed by atoms with van der Waals surface area (Å²) in [5, 5.41) is 11.8. The predicted molar refractivity (Wildman–Crippen MR) is 71.0 cm³/mol. The fraction of sp³-hybridized carbons (Fsp3) is 0.286. The smallest absolute Gasteiger partial charge is 0.177 e. The summed E-state index contributed by atoms with van der Waals surface area (Å²) in [5.41, 5.74) is 2.09. The van der Waals surface area contributed by atoms with Gasteiger partial charge in [0.1, 0.15) is 17.1 Å². The molecule has 0 radical (unpaired) electrons. The molecule has 3 N–H and O–H groups in total. The first kappa shape index (κ1) is 12.1. The van der Waals surface area contributed by atoms with Gasteiger partial charge in [0.2, 0.25) is 0 Å². The van der Waals surface area contributed by atoms with Crippen LogP contribution in [0.1, 0.15) is 17.1 Å². The van der Waals surface area contributed by atoms with E-state index in [0.29, 0.717) is 29.6 Å². The van der Waals surface area contributed by atoms with Crippen molar-refractivity contribution in [3.63, 3.8) is 0 Å². The van der Waals surface area contributed by atoms with E-state index < -0.39 is 0 Å². The third-order valence-electron chi connectivity index (χ3n) is 3.25. The van der Waals surface area contributed by atoms with Gasteiger partial charge in [-0.15, -0.1) is 0 Å². The first-order chi connectivity index (χ1) is 9.11. The molecule has 0 unspecified atom stereocenters. The van der Waals surface area contributed by atoms with Gasteiger partial charge in [0, 0.05) is 17.4 Å². The summed E-state index contributed by atoms with van der Waals surface area (Å²) < 4.78 is 11.3. The van der Waals surface area contributed by atoms with Crippen LogP contribution in [0.4, 0.5) is 0 Å². The van der Waals surface area contributed by atoms with Gasteiger partial charge in [0.05, 0.1) is 12.0 Å². The molecule has 1 aromatic carbocycles. The lowest BCUT2D eigenvalue weighted by Crippen LogP contribution is -2.04. The van der Waals surface area contributed by atoms with Crippen molar-refractivity contribution in [2.75, 3.05) is 6.61 Å². The molecule has 5 nitrogen and oxygen atoms in total. The zero-order valence-corrected chi connectivity index (χ0v) is 10.8. The van der Waals surface area contributed by atoms with E-state index in [9.17, 15) is 5.11 Å². The highest BCUT2D eigenvalue weighted by molar-refractivity contribution is 6.04. The van der Waals surface area contributed by atoms with Crippen molar-refractivity contribution in [1.29, 1.82) is 0 Å². The molecule has 5 heteroatoms. The average Bonchev–Trinajstić information content (AvgIpc) is 2.93. The Morgan fingerprint density at radius 2 is 1.74 bits per heavy atom. The van der Waals surface area contributed by atoms with Crippen LogP contribution < -0.4 is 5.90 Å². The molecule has 0 spiro atoms. The van der Waals surface area contributed by atoms with E-state index >= 15 is 0 Å². The quantitative estimate of drug-likeness (QED) is 0.708. The molecule has 0 amide bonds. The molecule has 100 valence electrons. The summed E-state index contributed by atoms with van der Waals surface area (Å²) in [6, 6.07) is 3.69. The number of aromatic hydroxyl groups is 1. The van der Waals surface area contributed by atoms with Crippen molar-refractivity contribution in [2.45, 2.75) is 20.3 Å². The van der Waals surface area contributed by atoms with E-state index in [4.69, 9.17) is 14.7 Å². The van der Waals surface area contributed by atoms with Crippen LogP contribution in [0.25, 0.3) is 21.9 Å².